The molecule has 2 aromatic carbocycles. The molecule has 0 saturated heterocycles. The van der Waals surface area contributed by atoms with Gasteiger partial charge < -0.3 is 18.9 Å². The summed E-state index contributed by atoms with van der Waals surface area (Å²) in [6.07, 6.45) is 3.36. The Bertz CT molecular complexity index is 867. The molecule has 3 rings (SSSR count). The zero-order valence-electron chi connectivity index (χ0n) is 15.4. The molecule has 136 valence electrons. The molecule has 26 heavy (non-hydrogen) atoms. The number of benzene rings is 2. The summed E-state index contributed by atoms with van der Waals surface area (Å²) in [5.41, 5.74) is 3.31. The number of methoxy groups -OCH3 is 4. The molecule has 0 bridgehead atoms. The van der Waals surface area contributed by atoms with Gasteiger partial charge in [-0.2, -0.15) is 0 Å². The standard InChI is InChI=1S/C21H22O5/c1-23-17-8-5-13(10-18(17)24-2)9-15-7-6-14-11-19(25-3)20(26-4)12-16(14)21(15)22/h5,8-12H,6-7H2,1-4H3. The van der Waals surface area contributed by atoms with Gasteiger partial charge in [-0.3, -0.25) is 4.79 Å². The first kappa shape index (κ1) is 17.9. The van der Waals surface area contributed by atoms with Gasteiger partial charge in [-0.05, 0) is 54.3 Å². The molecule has 0 aromatic heterocycles. The van der Waals surface area contributed by atoms with Crippen molar-refractivity contribution in [2.24, 2.45) is 0 Å². The second-order valence-electron chi connectivity index (χ2n) is 5.98. The van der Waals surface area contributed by atoms with Crippen LogP contribution in [0.25, 0.3) is 6.08 Å². The van der Waals surface area contributed by atoms with Crippen LogP contribution in [-0.2, 0) is 6.42 Å². The Morgan fingerprint density at radius 1 is 0.769 bits per heavy atom. The van der Waals surface area contributed by atoms with Crippen LogP contribution in [0.3, 0.4) is 0 Å². The highest BCUT2D eigenvalue weighted by Crippen LogP contribution is 2.36. The number of fused-ring (bicyclic) bond motifs is 1. The molecule has 0 saturated carbocycles. The molecule has 0 fully saturated rings. The molecule has 0 radical (unpaired) electrons. The maximum atomic E-state index is 12.9. The summed E-state index contributed by atoms with van der Waals surface area (Å²) in [4.78, 5) is 12.9. The lowest BCUT2D eigenvalue weighted by molar-refractivity contribution is 0.102. The van der Waals surface area contributed by atoms with Crippen molar-refractivity contribution in [3.05, 3.63) is 52.6 Å². The largest absolute Gasteiger partial charge is 0.493 e. The van der Waals surface area contributed by atoms with Crippen molar-refractivity contribution in [3.63, 3.8) is 0 Å². The molecule has 2 aromatic rings. The number of allylic oxidation sites excluding steroid dienone is 1. The molecule has 0 atom stereocenters. The molecule has 0 aliphatic heterocycles. The van der Waals surface area contributed by atoms with Crippen molar-refractivity contribution < 1.29 is 23.7 Å². The van der Waals surface area contributed by atoms with Gasteiger partial charge in [-0.15, -0.1) is 0 Å². The lowest BCUT2D eigenvalue weighted by Gasteiger charge is -2.20. The number of aryl methyl sites for hydroxylation is 1. The predicted molar refractivity (Wildman–Crippen MR) is 99.7 cm³/mol. The summed E-state index contributed by atoms with van der Waals surface area (Å²) < 4.78 is 21.3. The van der Waals surface area contributed by atoms with E-state index >= 15 is 0 Å². The van der Waals surface area contributed by atoms with E-state index in [1.54, 1.807) is 34.5 Å². The Labute approximate surface area is 153 Å². The monoisotopic (exact) mass is 354 g/mol. The van der Waals surface area contributed by atoms with Gasteiger partial charge >= 0.3 is 0 Å². The number of carbonyl (C=O) groups excluding carboxylic acids is 1. The molecule has 5 heteroatoms. The van der Waals surface area contributed by atoms with E-state index in [-0.39, 0.29) is 5.78 Å². The number of ether oxygens (including phenoxy) is 4. The van der Waals surface area contributed by atoms with Crippen molar-refractivity contribution in [2.45, 2.75) is 12.8 Å². The fourth-order valence-electron chi connectivity index (χ4n) is 3.18. The molecule has 0 unspecified atom stereocenters. The molecule has 0 heterocycles. The second-order valence-corrected chi connectivity index (χ2v) is 5.98. The van der Waals surface area contributed by atoms with Crippen molar-refractivity contribution in [1.29, 1.82) is 0 Å². The number of hydrogen-bond acceptors (Lipinski definition) is 5. The van der Waals surface area contributed by atoms with Gasteiger partial charge in [-0.25, -0.2) is 0 Å². The third-order valence-electron chi connectivity index (χ3n) is 4.56. The fourth-order valence-corrected chi connectivity index (χ4v) is 3.18. The minimum absolute atomic E-state index is 0.0157. The van der Waals surface area contributed by atoms with Crippen LogP contribution in [0.4, 0.5) is 0 Å². The van der Waals surface area contributed by atoms with Gasteiger partial charge in [0, 0.05) is 11.1 Å². The Balaban J connectivity index is 1.97. The first-order chi connectivity index (χ1) is 12.6. The normalized spacial score (nSPS) is 14.8. The third kappa shape index (κ3) is 3.25. The second kappa shape index (κ2) is 7.52. The first-order valence-electron chi connectivity index (χ1n) is 8.33. The molecular weight excluding hydrogens is 332 g/mol. The van der Waals surface area contributed by atoms with Crippen LogP contribution < -0.4 is 18.9 Å². The highest BCUT2D eigenvalue weighted by molar-refractivity contribution is 6.13. The van der Waals surface area contributed by atoms with Crippen LogP contribution in [0.15, 0.2) is 35.9 Å². The van der Waals surface area contributed by atoms with E-state index in [2.05, 4.69) is 0 Å². The number of ketones is 1. The minimum atomic E-state index is 0.0157. The van der Waals surface area contributed by atoms with Gasteiger partial charge in [0.05, 0.1) is 28.4 Å². The summed E-state index contributed by atoms with van der Waals surface area (Å²) in [5.74, 6) is 2.52. The van der Waals surface area contributed by atoms with E-state index in [9.17, 15) is 4.79 Å². The SMILES string of the molecule is COc1ccc(C=C2CCc3cc(OC)c(OC)cc3C2=O)cc1OC. The number of hydrogen-bond donors (Lipinski definition) is 0. The van der Waals surface area contributed by atoms with Crippen LogP contribution in [0.1, 0.15) is 27.9 Å². The quantitative estimate of drug-likeness (QED) is 0.762. The van der Waals surface area contributed by atoms with E-state index in [0.29, 0.717) is 35.0 Å². The van der Waals surface area contributed by atoms with Crippen LogP contribution >= 0.6 is 0 Å². The topological polar surface area (TPSA) is 54.0 Å². The van der Waals surface area contributed by atoms with E-state index < -0.39 is 0 Å². The highest BCUT2D eigenvalue weighted by atomic mass is 16.5. The Morgan fingerprint density at radius 2 is 1.38 bits per heavy atom. The summed E-state index contributed by atoms with van der Waals surface area (Å²) in [6.45, 7) is 0. The maximum Gasteiger partial charge on any atom is 0.189 e. The van der Waals surface area contributed by atoms with Crippen LogP contribution in [0.5, 0.6) is 23.0 Å². The molecule has 5 nitrogen and oxygen atoms in total. The number of carbonyl (C=O) groups is 1. The minimum Gasteiger partial charge on any atom is -0.493 e. The molecule has 1 aliphatic carbocycles. The van der Waals surface area contributed by atoms with E-state index in [4.69, 9.17) is 18.9 Å². The maximum absolute atomic E-state index is 12.9. The molecule has 1 aliphatic rings. The van der Waals surface area contributed by atoms with Crippen LogP contribution in [0.2, 0.25) is 0 Å². The smallest absolute Gasteiger partial charge is 0.189 e. The summed E-state index contributed by atoms with van der Waals surface area (Å²) in [5, 5.41) is 0. The van der Waals surface area contributed by atoms with Crippen LogP contribution in [-0.4, -0.2) is 34.2 Å². The molecule has 0 N–H and O–H groups in total. The summed E-state index contributed by atoms with van der Waals surface area (Å²) >= 11 is 0. The van der Waals surface area contributed by atoms with E-state index in [0.717, 1.165) is 23.1 Å². The number of Topliss-reactive ketones (excluding diaryl/α,β-unsaturated/α-hetero) is 1. The summed E-state index contributed by atoms with van der Waals surface area (Å²) in [7, 11) is 6.35. The first-order valence-corrected chi connectivity index (χ1v) is 8.33. The van der Waals surface area contributed by atoms with Gasteiger partial charge in [0.25, 0.3) is 0 Å². The average Bonchev–Trinajstić information content (AvgIpc) is 2.69. The van der Waals surface area contributed by atoms with Gasteiger partial charge in [-0.1, -0.05) is 6.07 Å². The lowest BCUT2D eigenvalue weighted by Crippen LogP contribution is -2.14. The highest BCUT2D eigenvalue weighted by Gasteiger charge is 2.24. The van der Waals surface area contributed by atoms with Crippen molar-refractivity contribution in [1.82, 2.24) is 0 Å². The van der Waals surface area contributed by atoms with Gasteiger partial charge in [0.15, 0.2) is 28.8 Å². The Morgan fingerprint density at radius 3 is 2.04 bits per heavy atom. The lowest BCUT2D eigenvalue weighted by atomic mass is 9.85. The molecule has 0 amide bonds. The zero-order valence-corrected chi connectivity index (χ0v) is 15.4. The van der Waals surface area contributed by atoms with Crippen LogP contribution in [0, 0.1) is 0 Å². The third-order valence-corrected chi connectivity index (χ3v) is 4.56. The van der Waals surface area contributed by atoms with Gasteiger partial charge in [0.2, 0.25) is 0 Å². The zero-order chi connectivity index (χ0) is 18.7. The average molecular weight is 354 g/mol. The number of rotatable bonds is 5. The van der Waals surface area contributed by atoms with E-state index in [1.807, 2.05) is 30.3 Å². The van der Waals surface area contributed by atoms with Crippen molar-refractivity contribution >= 4 is 11.9 Å². The van der Waals surface area contributed by atoms with Crippen molar-refractivity contribution in [3.8, 4) is 23.0 Å². The molecule has 0 spiro atoms. The predicted octanol–water partition coefficient (Wildman–Crippen LogP) is 3.93. The van der Waals surface area contributed by atoms with E-state index in [1.165, 1.54) is 0 Å². The Hall–Kier alpha value is -2.95. The Kier molecular flexibility index (Phi) is 5.16. The van der Waals surface area contributed by atoms with Crippen molar-refractivity contribution in [2.75, 3.05) is 28.4 Å². The summed E-state index contributed by atoms with van der Waals surface area (Å²) in [6, 6.07) is 9.26. The van der Waals surface area contributed by atoms with Gasteiger partial charge in [0.1, 0.15) is 0 Å². The fraction of sp³-hybridized carbons (Fsp3) is 0.286. The molecular formula is C21H22O5.